The Morgan fingerprint density at radius 3 is 2.37 bits per heavy atom. The first-order chi connectivity index (χ1) is 24.9. The van der Waals surface area contributed by atoms with E-state index >= 15 is 4.39 Å². The summed E-state index contributed by atoms with van der Waals surface area (Å²) in [7, 11) is -0.301. The van der Waals surface area contributed by atoms with Gasteiger partial charge in [-0.15, -0.1) is 0 Å². The van der Waals surface area contributed by atoms with Crippen molar-refractivity contribution < 1.29 is 31.6 Å². The number of amides is 2. The normalized spacial score (nSPS) is 20.2. The van der Waals surface area contributed by atoms with Crippen LogP contribution in [-0.2, 0) is 27.9 Å². The predicted octanol–water partition coefficient (Wildman–Crippen LogP) is 3.18. The van der Waals surface area contributed by atoms with E-state index in [2.05, 4.69) is 27.6 Å². The lowest BCUT2D eigenvalue weighted by Gasteiger charge is -2.41. The van der Waals surface area contributed by atoms with Gasteiger partial charge in [-0.2, -0.15) is 12.7 Å². The third kappa shape index (κ3) is 6.56. The number of nitrogens with one attached hydrogen (secondary N) is 1. The molecule has 1 N–H and O–H groups in total. The zero-order valence-electron chi connectivity index (χ0n) is 30.3. The second-order valence-electron chi connectivity index (χ2n) is 14.5. The number of hydrogen-bond acceptors (Lipinski definition) is 10. The monoisotopic (exact) mass is 738 g/mol. The predicted molar refractivity (Wildman–Crippen MR) is 196 cm³/mol. The van der Waals surface area contributed by atoms with Gasteiger partial charge >= 0.3 is 15.8 Å². The zero-order chi connectivity index (χ0) is 36.9. The molecule has 15 heteroatoms. The molecule has 2 aromatic carbocycles. The van der Waals surface area contributed by atoms with E-state index in [4.69, 9.17) is 9.15 Å². The summed E-state index contributed by atoms with van der Waals surface area (Å²) in [6.07, 6.45) is 3.31. The van der Waals surface area contributed by atoms with Gasteiger partial charge in [-0.05, 0) is 82.3 Å². The molecule has 0 bridgehead atoms. The molecule has 3 fully saturated rings. The van der Waals surface area contributed by atoms with Gasteiger partial charge in [0.15, 0.2) is 5.82 Å². The van der Waals surface area contributed by atoms with Crippen molar-refractivity contribution in [3.63, 3.8) is 0 Å². The maximum absolute atomic E-state index is 16.5. The molecule has 5 heterocycles. The molecule has 0 aliphatic carbocycles. The van der Waals surface area contributed by atoms with Crippen LogP contribution in [-0.4, -0.2) is 114 Å². The van der Waals surface area contributed by atoms with Gasteiger partial charge in [-0.1, -0.05) is 0 Å². The maximum Gasteiger partial charge on any atom is 0.341 e. The lowest BCUT2D eigenvalue weighted by Crippen LogP contribution is -2.53. The Balaban J connectivity index is 1.18. The molecule has 0 spiro atoms. The van der Waals surface area contributed by atoms with E-state index in [0.717, 1.165) is 60.2 Å². The van der Waals surface area contributed by atoms with Crippen LogP contribution in [0.15, 0.2) is 27.4 Å². The fraction of sp³-hybridized carbons (Fsp3) is 0.541. The topological polar surface area (TPSA) is 136 Å². The van der Waals surface area contributed by atoms with Crippen molar-refractivity contribution in [2.45, 2.75) is 58.5 Å². The van der Waals surface area contributed by atoms with Gasteiger partial charge < -0.3 is 23.9 Å². The van der Waals surface area contributed by atoms with Gasteiger partial charge in [0.25, 0.3) is 11.8 Å². The quantitative estimate of drug-likeness (QED) is 0.344. The van der Waals surface area contributed by atoms with Gasteiger partial charge in [-0.3, -0.25) is 14.5 Å². The summed E-state index contributed by atoms with van der Waals surface area (Å²) in [5.41, 5.74) is 3.61. The molecule has 4 aliphatic rings. The minimum atomic E-state index is -4.10. The number of nitrogens with zero attached hydrogens (tertiary/aromatic N) is 5. The molecule has 1 aromatic heterocycles. The molecule has 3 saturated heterocycles. The van der Waals surface area contributed by atoms with Crippen LogP contribution in [0.5, 0.6) is 0 Å². The fourth-order valence-electron chi connectivity index (χ4n) is 8.29. The molecule has 13 nitrogen and oxygen atoms in total. The minimum absolute atomic E-state index is 0.0569. The molecular weight excluding hydrogens is 692 g/mol. The van der Waals surface area contributed by atoms with Gasteiger partial charge in [0.05, 0.1) is 41.6 Å². The molecule has 0 saturated carbocycles. The van der Waals surface area contributed by atoms with E-state index in [1.54, 1.807) is 12.0 Å². The van der Waals surface area contributed by atoms with Crippen LogP contribution >= 0.6 is 0 Å². The van der Waals surface area contributed by atoms with E-state index in [1.165, 1.54) is 21.3 Å². The highest BCUT2D eigenvalue weighted by atomic mass is 32.2. The van der Waals surface area contributed by atoms with E-state index < -0.39 is 33.5 Å². The molecule has 0 unspecified atom stereocenters. The average Bonchev–Trinajstić information content (AvgIpc) is 3.86. The van der Waals surface area contributed by atoms with E-state index in [1.807, 2.05) is 13.8 Å². The molecule has 280 valence electrons. The number of methoxy groups -OCH3 is 1. The summed E-state index contributed by atoms with van der Waals surface area (Å²) in [4.78, 5) is 48.7. The van der Waals surface area contributed by atoms with Crippen LogP contribution in [0.25, 0.3) is 11.0 Å². The van der Waals surface area contributed by atoms with Crippen molar-refractivity contribution in [3.8, 4) is 0 Å². The highest BCUT2D eigenvalue weighted by Crippen LogP contribution is 2.37. The van der Waals surface area contributed by atoms with Crippen molar-refractivity contribution in [2.24, 2.45) is 0 Å². The fourth-order valence-corrected chi connectivity index (χ4v) is 9.50. The average molecular weight is 739 g/mol. The van der Waals surface area contributed by atoms with Gasteiger partial charge in [-0.25, -0.2) is 13.9 Å². The molecular formula is C37H47FN6O7S. The molecule has 52 heavy (non-hydrogen) atoms. The number of rotatable bonds is 8. The number of ether oxygens (including phenoxy) is 1. The number of carbonyl (C=O) groups is 2. The van der Waals surface area contributed by atoms with Crippen LogP contribution in [0.4, 0.5) is 15.8 Å². The van der Waals surface area contributed by atoms with Crippen LogP contribution in [0.3, 0.4) is 0 Å². The summed E-state index contributed by atoms with van der Waals surface area (Å²) in [6, 6.07) is 4.93. The van der Waals surface area contributed by atoms with Crippen molar-refractivity contribution in [1.82, 2.24) is 18.8 Å². The minimum Gasteiger partial charge on any atom is -0.422 e. The summed E-state index contributed by atoms with van der Waals surface area (Å²) in [5, 5.41) is 0.868. The largest absolute Gasteiger partial charge is 0.422 e. The molecule has 2 amide bonds. The Morgan fingerprint density at radius 2 is 1.65 bits per heavy atom. The van der Waals surface area contributed by atoms with E-state index in [-0.39, 0.29) is 35.9 Å². The molecule has 4 aliphatic heterocycles. The molecule has 3 aromatic rings. The number of halogens is 1. The number of piperazine rings is 1. The van der Waals surface area contributed by atoms with E-state index in [9.17, 15) is 22.8 Å². The summed E-state index contributed by atoms with van der Waals surface area (Å²) in [5.74, 6) is -2.45. The highest BCUT2D eigenvalue weighted by Gasteiger charge is 2.35. The molecule has 1 atom stereocenters. The summed E-state index contributed by atoms with van der Waals surface area (Å²) < 4.78 is 57.1. The standard InChI is InChI=1S/C37H47FN6O7S/c1-23-19-30(42-18-17-40(3)25(20-42)22-50-4)24(2)34-31(23)26-11-16-43(21-29(26)37(47)51-34)36(46)27-9-10-28(33(32(27)38)41-12-5-6-13-41)35(45)39-52(48,49)44-14-7-8-15-44/h9-10,19,25H,5-8,11-18,20-22H2,1-4H3,(H,39,45)/t25-/m1/s1. The van der Waals surface area contributed by atoms with Gasteiger partial charge in [0.2, 0.25) is 0 Å². The number of fused-ring (bicyclic) bond motifs is 3. The SMILES string of the molecule is COC[C@H]1CN(c2cc(C)c3c4c(c(=O)oc3c2C)CN(C(=O)c2ccc(C(=O)NS(=O)(=O)N3CCCC3)c(N3CCCC3)c2F)CC4)CCN1C. The Kier molecular flexibility index (Phi) is 10.1. The molecule has 0 radical (unpaired) electrons. The van der Waals surface area contributed by atoms with Crippen LogP contribution in [0.2, 0.25) is 0 Å². The number of likely N-dealkylation sites (N-methyl/N-ethyl adjacent to an activating group) is 1. The van der Waals surface area contributed by atoms with Crippen LogP contribution in [0.1, 0.15) is 68.7 Å². The summed E-state index contributed by atoms with van der Waals surface area (Å²) in [6.45, 7) is 8.80. The van der Waals surface area contributed by atoms with Crippen molar-refractivity contribution in [3.05, 3.63) is 67.8 Å². The first-order valence-electron chi connectivity index (χ1n) is 18.1. The Labute approximate surface area is 303 Å². The maximum atomic E-state index is 16.5. The third-order valence-electron chi connectivity index (χ3n) is 11.2. The second-order valence-corrected chi connectivity index (χ2v) is 16.1. The zero-order valence-corrected chi connectivity index (χ0v) is 31.1. The van der Waals surface area contributed by atoms with Crippen LogP contribution in [0, 0.1) is 19.7 Å². The highest BCUT2D eigenvalue weighted by molar-refractivity contribution is 7.87. The Morgan fingerprint density at radius 1 is 0.962 bits per heavy atom. The number of aryl methyl sites for hydroxylation is 2. The van der Waals surface area contributed by atoms with Gasteiger partial charge in [0.1, 0.15) is 5.58 Å². The Hall–Kier alpha value is -4.05. The Bertz CT molecular complexity index is 2080. The smallest absolute Gasteiger partial charge is 0.341 e. The first-order valence-corrected chi connectivity index (χ1v) is 19.6. The van der Waals surface area contributed by atoms with Crippen LogP contribution < -0.4 is 20.1 Å². The van der Waals surface area contributed by atoms with Crippen molar-refractivity contribution >= 4 is 44.4 Å². The first kappa shape index (κ1) is 36.3. The third-order valence-corrected chi connectivity index (χ3v) is 12.7. The summed E-state index contributed by atoms with van der Waals surface area (Å²) >= 11 is 0. The van der Waals surface area contributed by atoms with Crippen molar-refractivity contribution in [2.75, 3.05) is 82.9 Å². The number of benzene rings is 2. The number of anilines is 2. The molecule has 7 rings (SSSR count). The number of hydrogen-bond donors (Lipinski definition) is 1. The number of carbonyl (C=O) groups excluding carboxylic acids is 2. The second kappa shape index (κ2) is 14.4. The lowest BCUT2D eigenvalue weighted by molar-refractivity contribution is 0.0727. The van der Waals surface area contributed by atoms with Crippen molar-refractivity contribution in [1.29, 1.82) is 0 Å². The van der Waals surface area contributed by atoms with Gasteiger partial charge in [0, 0.05) is 76.1 Å². The lowest BCUT2D eigenvalue weighted by atomic mass is 9.92. The van der Waals surface area contributed by atoms with E-state index in [0.29, 0.717) is 63.2 Å².